The van der Waals surface area contributed by atoms with Gasteiger partial charge in [0.2, 0.25) is 0 Å². The second kappa shape index (κ2) is 3.74. The maximum absolute atomic E-state index is 4.52. The van der Waals surface area contributed by atoms with Gasteiger partial charge in [0.05, 0.1) is 5.03 Å². The molecule has 1 aromatic rings. The Balaban J connectivity index is 1.61. The molecular formula is C15H19NS. The SMILES string of the molecule is c1ccc(SC23CC4CC(CC(C4)C2)C3)nc1. The third-order valence-electron chi connectivity index (χ3n) is 4.94. The van der Waals surface area contributed by atoms with Crippen molar-refractivity contribution in [2.45, 2.75) is 48.3 Å². The first-order valence-electron chi connectivity index (χ1n) is 6.91. The molecule has 1 nitrogen and oxygen atoms in total. The Morgan fingerprint density at radius 3 is 2.18 bits per heavy atom. The second-order valence-corrected chi connectivity index (χ2v) is 7.86. The van der Waals surface area contributed by atoms with Crippen LogP contribution >= 0.6 is 11.8 Å². The van der Waals surface area contributed by atoms with Crippen molar-refractivity contribution in [3.8, 4) is 0 Å². The summed E-state index contributed by atoms with van der Waals surface area (Å²) in [6.07, 6.45) is 10.9. The van der Waals surface area contributed by atoms with Crippen molar-refractivity contribution in [2.75, 3.05) is 0 Å². The number of thioether (sulfide) groups is 1. The first-order valence-corrected chi connectivity index (χ1v) is 7.73. The van der Waals surface area contributed by atoms with Crippen LogP contribution in [0.25, 0.3) is 0 Å². The van der Waals surface area contributed by atoms with E-state index in [4.69, 9.17) is 0 Å². The van der Waals surface area contributed by atoms with E-state index in [2.05, 4.69) is 28.9 Å². The summed E-state index contributed by atoms with van der Waals surface area (Å²) in [5.41, 5.74) is 0. The van der Waals surface area contributed by atoms with Gasteiger partial charge in [0, 0.05) is 10.9 Å². The third-order valence-corrected chi connectivity index (χ3v) is 6.32. The van der Waals surface area contributed by atoms with Crippen LogP contribution in [0.2, 0.25) is 0 Å². The van der Waals surface area contributed by atoms with Gasteiger partial charge in [0.15, 0.2) is 0 Å². The van der Waals surface area contributed by atoms with Crippen LogP contribution in [0.4, 0.5) is 0 Å². The van der Waals surface area contributed by atoms with Crippen LogP contribution in [0, 0.1) is 17.8 Å². The standard InChI is InChI=1S/C15H19NS/c1-2-4-16-14(3-1)17-15-8-11-5-12(9-15)7-13(6-11)10-15/h1-4,11-13H,5-10H2. The summed E-state index contributed by atoms with van der Waals surface area (Å²) < 4.78 is 0.559. The molecule has 4 aliphatic rings. The summed E-state index contributed by atoms with van der Waals surface area (Å²) >= 11 is 2.09. The van der Waals surface area contributed by atoms with Crippen LogP contribution < -0.4 is 0 Å². The number of pyridine rings is 1. The average Bonchev–Trinajstić information content (AvgIpc) is 2.27. The molecule has 1 heterocycles. The van der Waals surface area contributed by atoms with Crippen LogP contribution in [0.15, 0.2) is 29.4 Å². The Morgan fingerprint density at radius 2 is 1.65 bits per heavy atom. The molecule has 0 N–H and O–H groups in total. The fraction of sp³-hybridized carbons (Fsp3) is 0.667. The van der Waals surface area contributed by atoms with Crippen molar-refractivity contribution < 1.29 is 0 Å². The van der Waals surface area contributed by atoms with Crippen LogP contribution in [0.5, 0.6) is 0 Å². The highest BCUT2D eigenvalue weighted by atomic mass is 32.2. The van der Waals surface area contributed by atoms with E-state index >= 15 is 0 Å². The van der Waals surface area contributed by atoms with E-state index in [0.29, 0.717) is 4.75 Å². The molecule has 2 heteroatoms. The molecule has 4 saturated carbocycles. The fourth-order valence-electron chi connectivity index (χ4n) is 4.79. The van der Waals surface area contributed by atoms with Crippen LogP contribution in [0.1, 0.15) is 38.5 Å². The number of nitrogens with zero attached hydrogens (tertiary/aromatic N) is 1. The Labute approximate surface area is 107 Å². The average molecular weight is 245 g/mol. The predicted octanol–water partition coefficient (Wildman–Crippen LogP) is 4.14. The van der Waals surface area contributed by atoms with Crippen molar-refractivity contribution in [1.29, 1.82) is 0 Å². The first kappa shape index (κ1) is 10.4. The van der Waals surface area contributed by atoms with Crippen LogP contribution in [-0.2, 0) is 0 Å². The lowest BCUT2D eigenvalue weighted by Gasteiger charge is -2.56. The van der Waals surface area contributed by atoms with E-state index in [1.165, 1.54) is 43.6 Å². The van der Waals surface area contributed by atoms with E-state index in [-0.39, 0.29) is 0 Å². The largest absolute Gasteiger partial charge is 0.250 e. The zero-order valence-corrected chi connectivity index (χ0v) is 11.0. The number of hydrogen-bond donors (Lipinski definition) is 0. The molecule has 4 bridgehead atoms. The van der Waals surface area contributed by atoms with Crippen molar-refractivity contribution in [2.24, 2.45) is 17.8 Å². The normalized spacial score (nSPS) is 42.9. The molecule has 0 atom stereocenters. The van der Waals surface area contributed by atoms with Crippen LogP contribution in [-0.4, -0.2) is 9.73 Å². The van der Waals surface area contributed by atoms with Crippen molar-refractivity contribution in [1.82, 2.24) is 4.98 Å². The molecule has 17 heavy (non-hydrogen) atoms. The molecule has 0 radical (unpaired) electrons. The van der Waals surface area contributed by atoms with Gasteiger partial charge in [-0.25, -0.2) is 4.98 Å². The van der Waals surface area contributed by atoms with Gasteiger partial charge in [-0.1, -0.05) is 17.8 Å². The van der Waals surface area contributed by atoms with Gasteiger partial charge in [0.1, 0.15) is 0 Å². The molecule has 0 saturated heterocycles. The summed E-state index contributed by atoms with van der Waals surface area (Å²) in [7, 11) is 0. The van der Waals surface area contributed by atoms with Gasteiger partial charge in [-0.15, -0.1) is 0 Å². The summed E-state index contributed by atoms with van der Waals surface area (Å²) in [5.74, 6) is 3.12. The van der Waals surface area contributed by atoms with E-state index in [1.807, 2.05) is 12.3 Å². The quantitative estimate of drug-likeness (QED) is 0.776. The molecule has 0 unspecified atom stereocenters. The lowest BCUT2D eigenvalue weighted by Crippen LogP contribution is -2.48. The van der Waals surface area contributed by atoms with Gasteiger partial charge in [0.25, 0.3) is 0 Å². The van der Waals surface area contributed by atoms with Crippen LogP contribution in [0.3, 0.4) is 0 Å². The van der Waals surface area contributed by atoms with Crippen molar-refractivity contribution in [3.05, 3.63) is 24.4 Å². The van der Waals surface area contributed by atoms with E-state index < -0.39 is 0 Å². The third kappa shape index (κ3) is 1.81. The Bertz CT molecular complexity index is 379. The fourth-order valence-corrected chi connectivity index (χ4v) is 6.45. The highest BCUT2D eigenvalue weighted by Gasteiger charge is 2.51. The molecular weight excluding hydrogens is 226 g/mol. The maximum atomic E-state index is 4.52. The second-order valence-electron chi connectivity index (χ2n) is 6.37. The monoisotopic (exact) mass is 245 g/mol. The number of rotatable bonds is 2. The molecule has 0 aliphatic heterocycles. The highest BCUT2D eigenvalue weighted by molar-refractivity contribution is 8.00. The summed E-state index contributed by atoms with van der Waals surface area (Å²) in [4.78, 5) is 4.52. The lowest BCUT2D eigenvalue weighted by atomic mass is 9.56. The Kier molecular flexibility index (Phi) is 2.30. The molecule has 4 aliphatic carbocycles. The summed E-state index contributed by atoms with van der Waals surface area (Å²) in [6.45, 7) is 0. The minimum absolute atomic E-state index is 0.559. The number of aromatic nitrogens is 1. The lowest BCUT2D eigenvalue weighted by molar-refractivity contribution is 0.0383. The Morgan fingerprint density at radius 1 is 1.00 bits per heavy atom. The molecule has 0 aromatic carbocycles. The molecule has 0 spiro atoms. The zero-order valence-electron chi connectivity index (χ0n) is 10.1. The summed E-state index contributed by atoms with van der Waals surface area (Å²) in [5, 5.41) is 1.24. The first-order chi connectivity index (χ1) is 8.31. The smallest absolute Gasteiger partial charge is 0.0965 e. The minimum atomic E-state index is 0.559. The van der Waals surface area contributed by atoms with Crippen molar-refractivity contribution >= 4 is 11.8 Å². The highest BCUT2D eigenvalue weighted by Crippen LogP contribution is 2.61. The predicted molar refractivity (Wildman–Crippen MR) is 71.0 cm³/mol. The molecule has 0 amide bonds. The van der Waals surface area contributed by atoms with Gasteiger partial charge in [-0.05, 0) is 68.4 Å². The Hall–Kier alpha value is -0.500. The minimum Gasteiger partial charge on any atom is -0.250 e. The van der Waals surface area contributed by atoms with Gasteiger partial charge in [-0.2, -0.15) is 0 Å². The van der Waals surface area contributed by atoms with E-state index in [0.717, 1.165) is 17.8 Å². The number of hydrogen-bond acceptors (Lipinski definition) is 2. The van der Waals surface area contributed by atoms with Gasteiger partial charge in [-0.3, -0.25) is 0 Å². The molecule has 1 aromatic heterocycles. The molecule has 90 valence electrons. The topological polar surface area (TPSA) is 12.9 Å². The molecule has 5 rings (SSSR count). The van der Waals surface area contributed by atoms with Gasteiger partial charge < -0.3 is 0 Å². The van der Waals surface area contributed by atoms with Gasteiger partial charge >= 0.3 is 0 Å². The maximum Gasteiger partial charge on any atom is 0.0965 e. The zero-order chi connectivity index (χ0) is 11.3. The summed E-state index contributed by atoms with van der Waals surface area (Å²) in [6, 6.07) is 6.32. The van der Waals surface area contributed by atoms with E-state index in [9.17, 15) is 0 Å². The van der Waals surface area contributed by atoms with Crippen molar-refractivity contribution in [3.63, 3.8) is 0 Å². The van der Waals surface area contributed by atoms with E-state index in [1.54, 1.807) is 0 Å². The molecule has 4 fully saturated rings.